The van der Waals surface area contributed by atoms with Crippen LogP contribution in [0.4, 0.5) is 0 Å². The number of H-pyrrole nitrogens is 1. The van der Waals surface area contributed by atoms with Crippen LogP contribution >= 0.6 is 12.2 Å². The second-order valence-corrected chi connectivity index (χ2v) is 6.86. The van der Waals surface area contributed by atoms with Gasteiger partial charge in [0.2, 0.25) is 5.88 Å². The highest BCUT2D eigenvalue weighted by Gasteiger charge is 2.28. The van der Waals surface area contributed by atoms with E-state index in [4.69, 9.17) is 12.2 Å². The van der Waals surface area contributed by atoms with Gasteiger partial charge in [0.15, 0.2) is 4.77 Å². The molecule has 1 aromatic heterocycles. The van der Waals surface area contributed by atoms with E-state index in [1.807, 2.05) is 20.8 Å². The van der Waals surface area contributed by atoms with Gasteiger partial charge in [0.05, 0.1) is 11.8 Å². The van der Waals surface area contributed by atoms with Crippen molar-refractivity contribution in [1.82, 2.24) is 9.55 Å². The molecule has 1 saturated carbocycles. The normalized spacial score (nSPS) is 17.0. The average Bonchev–Trinajstić information content (AvgIpc) is 3.26. The third-order valence-electron chi connectivity index (χ3n) is 4.01. The summed E-state index contributed by atoms with van der Waals surface area (Å²) in [5.41, 5.74) is 0.570. The average molecular weight is 323 g/mol. The van der Waals surface area contributed by atoms with Gasteiger partial charge in [0.25, 0.3) is 5.56 Å². The third-order valence-corrected chi connectivity index (χ3v) is 4.33. The lowest BCUT2D eigenvalue weighted by atomic mass is 10.1. The molecule has 0 amide bonds. The van der Waals surface area contributed by atoms with Crippen molar-refractivity contribution >= 4 is 17.9 Å². The molecule has 0 saturated heterocycles. The van der Waals surface area contributed by atoms with E-state index in [0.29, 0.717) is 30.5 Å². The van der Waals surface area contributed by atoms with Crippen LogP contribution in [0.5, 0.6) is 5.88 Å². The van der Waals surface area contributed by atoms with E-state index in [9.17, 15) is 9.90 Å². The minimum Gasteiger partial charge on any atom is -0.494 e. The molecule has 0 bridgehead atoms. The predicted octanol–water partition coefficient (Wildman–Crippen LogP) is 3.27. The van der Waals surface area contributed by atoms with Crippen molar-refractivity contribution in [3.63, 3.8) is 0 Å². The van der Waals surface area contributed by atoms with E-state index in [1.165, 1.54) is 12.8 Å². The molecular weight excluding hydrogens is 298 g/mol. The number of aromatic hydroxyl groups is 1. The van der Waals surface area contributed by atoms with Crippen LogP contribution in [-0.4, -0.2) is 26.4 Å². The Morgan fingerprint density at radius 3 is 2.59 bits per heavy atom. The van der Waals surface area contributed by atoms with E-state index < -0.39 is 0 Å². The van der Waals surface area contributed by atoms with E-state index in [-0.39, 0.29) is 27.8 Å². The summed E-state index contributed by atoms with van der Waals surface area (Å²) >= 11 is 5.17. The summed E-state index contributed by atoms with van der Waals surface area (Å²) in [5.74, 6) is 0.860. The topological polar surface area (TPSA) is 70.4 Å². The zero-order chi connectivity index (χ0) is 16.4. The number of aliphatic imine (C=N–C) groups is 1. The van der Waals surface area contributed by atoms with E-state index >= 15 is 0 Å². The quantitative estimate of drug-likeness (QED) is 0.623. The molecule has 122 valence electrons. The number of nitrogens with one attached hydrogen (secondary N) is 1. The molecule has 1 heterocycles. The van der Waals surface area contributed by atoms with Crippen molar-refractivity contribution in [3.8, 4) is 5.88 Å². The summed E-state index contributed by atoms with van der Waals surface area (Å²) < 4.78 is 1.84. The Hall–Kier alpha value is -1.43. The van der Waals surface area contributed by atoms with Crippen molar-refractivity contribution in [3.05, 3.63) is 20.7 Å². The van der Waals surface area contributed by atoms with E-state index in [1.54, 1.807) is 4.57 Å². The molecule has 22 heavy (non-hydrogen) atoms. The molecule has 0 spiro atoms. The Balaban J connectivity index is 2.52. The van der Waals surface area contributed by atoms with Crippen molar-refractivity contribution in [1.29, 1.82) is 0 Å². The summed E-state index contributed by atoms with van der Waals surface area (Å²) in [5, 5.41) is 10.6. The van der Waals surface area contributed by atoms with Crippen LogP contribution in [0.2, 0.25) is 0 Å². The second-order valence-electron chi connectivity index (χ2n) is 6.47. The lowest BCUT2D eigenvalue weighted by molar-refractivity contribution is 0.379. The largest absolute Gasteiger partial charge is 0.494 e. The fraction of sp³-hybridized carbons (Fsp3) is 0.688. The molecule has 0 aliphatic heterocycles. The molecule has 1 aliphatic rings. The van der Waals surface area contributed by atoms with Crippen molar-refractivity contribution in [2.75, 3.05) is 0 Å². The van der Waals surface area contributed by atoms with Gasteiger partial charge in [-0.3, -0.25) is 19.3 Å². The summed E-state index contributed by atoms with van der Waals surface area (Å²) in [6.45, 7) is 8.66. The van der Waals surface area contributed by atoms with Gasteiger partial charge in [0, 0.05) is 6.54 Å². The maximum atomic E-state index is 12.3. The first kappa shape index (κ1) is 16.9. The van der Waals surface area contributed by atoms with Crippen molar-refractivity contribution < 1.29 is 5.11 Å². The predicted molar refractivity (Wildman–Crippen MR) is 91.4 cm³/mol. The number of aromatic amines is 1. The summed E-state index contributed by atoms with van der Waals surface area (Å²) in [6, 6.07) is 0.190. The van der Waals surface area contributed by atoms with Crippen molar-refractivity contribution in [2.45, 2.75) is 59.5 Å². The molecule has 2 N–H and O–H groups in total. The lowest BCUT2D eigenvalue weighted by Crippen LogP contribution is -2.24. The summed E-state index contributed by atoms with van der Waals surface area (Å²) in [4.78, 5) is 19.6. The zero-order valence-electron chi connectivity index (χ0n) is 13.7. The molecule has 5 nitrogen and oxygen atoms in total. The SMILES string of the molecule is CCC(=NC(C)C1CC1)c1c(O)n(CC(C)C)c(=S)[nH]c1=O. The summed E-state index contributed by atoms with van der Waals surface area (Å²) in [6.07, 6.45) is 3.00. The molecule has 0 aromatic carbocycles. The number of hydrogen-bond donors (Lipinski definition) is 2. The molecule has 1 aliphatic carbocycles. The van der Waals surface area contributed by atoms with Crippen LogP contribution in [0.15, 0.2) is 9.79 Å². The number of aromatic nitrogens is 2. The molecule has 1 aromatic rings. The molecule has 1 unspecified atom stereocenters. The monoisotopic (exact) mass is 323 g/mol. The van der Waals surface area contributed by atoms with Gasteiger partial charge >= 0.3 is 0 Å². The maximum Gasteiger partial charge on any atom is 0.264 e. The standard InChI is InChI=1S/C16H25N3O2S/c1-5-12(17-10(4)11-6-7-11)13-14(20)18-16(22)19(15(13)21)8-9(2)3/h9-11,21H,5-8H2,1-4H3,(H,18,20,22). The number of nitrogens with zero attached hydrogens (tertiary/aromatic N) is 2. The fourth-order valence-electron chi connectivity index (χ4n) is 2.62. The van der Waals surface area contributed by atoms with Crippen LogP contribution in [0.1, 0.15) is 52.5 Å². The van der Waals surface area contributed by atoms with Gasteiger partial charge in [-0.25, -0.2) is 0 Å². The molecule has 2 rings (SSSR count). The maximum absolute atomic E-state index is 12.3. The lowest BCUT2D eigenvalue weighted by Gasteiger charge is -2.16. The van der Waals surface area contributed by atoms with Gasteiger partial charge in [-0.05, 0) is 50.2 Å². The van der Waals surface area contributed by atoms with Crippen LogP contribution in [0, 0.1) is 16.6 Å². The molecule has 1 atom stereocenters. The highest BCUT2D eigenvalue weighted by atomic mass is 32.1. The van der Waals surface area contributed by atoms with Crippen LogP contribution in [0.25, 0.3) is 0 Å². The first-order chi connectivity index (χ1) is 10.3. The highest BCUT2D eigenvalue weighted by Crippen LogP contribution is 2.34. The zero-order valence-corrected chi connectivity index (χ0v) is 14.5. The molecule has 6 heteroatoms. The first-order valence-corrected chi connectivity index (χ1v) is 8.39. The van der Waals surface area contributed by atoms with Gasteiger partial charge in [0.1, 0.15) is 5.56 Å². The Bertz CT molecular complexity index is 684. The van der Waals surface area contributed by atoms with Gasteiger partial charge < -0.3 is 5.11 Å². The number of hydrogen-bond acceptors (Lipinski definition) is 4. The summed E-state index contributed by atoms with van der Waals surface area (Å²) in [7, 11) is 0. The van der Waals surface area contributed by atoms with E-state index in [0.717, 1.165) is 0 Å². The molecular formula is C16H25N3O2S. The Morgan fingerprint density at radius 2 is 2.09 bits per heavy atom. The van der Waals surface area contributed by atoms with E-state index in [2.05, 4.69) is 16.9 Å². The van der Waals surface area contributed by atoms with Gasteiger partial charge in [-0.2, -0.15) is 0 Å². The van der Waals surface area contributed by atoms with Crippen LogP contribution in [0.3, 0.4) is 0 Å². The van der Waals surface area contributed by atoms with Gasteiger partial charge in [-0.1, -0.05) is 20.8 Å². The van der Waals surface area contributed by atoms with Crippen LogP contribution in [-0.2, 0) is 6.54 Å². The Kier molecular flexibility index (Phi) is 5.21. The second kappa shape index (κ2) is 6.77. The minimum atomic E-state index is -0.355. The highest BCUT2D eigenvalue weighted by molar-refractivity contribution is 7.71. The van der Waals surface area contributed by atoms with Crippen LogP contribution < -0.4 is 5.56 Å². The number of rotatable bonds is 6. The smallest absolute Gasteiger partial charge is 0.264 e. The fourth-order valence-corrected chi connectivity index (χ4v) is 2.87. The van der Waals surface area contributed by atoms with Crippen molar-refractivity contribution in [2.24, 2.45) is 16.8 Å². The third kappa shape index (κ3) is 3.66. The Morgan fingerprint density at radius 1 is 1.45 bits per heavy atom. The Labute approximate surface area is 136 Å². The molecule has 1 fully saturated rings. The minimum absolute atomic E-state index is 0.0638. The molecule has 0 radical (unpaired) electrons. The van der Waals surface area contributed by atoms with Gasteiger partial charge in [-0.15, -0.1) is 0 Å². The first-order valence-electron chi connectivity index (χ1n) is 7.98.